The lowest BCUT2D eigenvalue weighted by Gasteiger charge is -2.25. The van der Waals surface area contributed by atoms with Gasteiger partial charge in [0.25, 0.3) is 0 Å². The predicted molar refractivity (Wildman–Crippen MR) is 73.7 cm³/mol. The predicted octanol–water partition coefficient (Wildman–Crippen LogP) is 2.13. The molecule has 0 aromatic heterocycles. The van der Waals surface area contributed by atoms with Crippen molar-refractivity contribution in [2.24, 2.45) is 17.4 Å². The van der Waals surface area contributed by atoms with E-state index < -0.39 is 5.54 Å². The number of hydrogen-bond donors (Lipinski definition) is 2. The molecular weight excluding hydrogens is 300 g/mol. The summed E-state index contributed by atoms with van der Waals surface area (Å²) in [5.74, 6) is 0.432. The van der Waals surface area contributed by atoms with Crippen LogP contribution in [0.3, 0.4) is 0 Å². The van der Waals surface area contributed by atoms with Crippen LogP contribution in [0.2, 0.25) is 0 Å². The van der Waals surface area contributed by atoms with Gasteiger partial charge in [0.05, 0.1) is 0 Å². The van der Waals surface area contributed by atoms with Crippen molar-refractivity contribution >= 4 is 33.6 Å². The van der Waals surface area contributed by atoms with Gasteiger partial charge in [-0.25, -0.2) is 0 Å². The van der Waals surface area contributed by atoms with E-state index in [2.05, 4.69) is 15.9 Å². The molecule has 2 rings (SSSR count). The quantitative estimate of drug-likeness (QED) is 0.818. The van der Waals surface area contributed by atoms with Crippen LogP contribution < -0.4 is 11.5 Å². The van der Waals surface area contributed by atoms with Crippen LogP contribution in [0.25, 0.3) is 0 Å². The molecule has 1 saturated carbocycles. The molecule has 1 fully saturated rings. The van der Waals surface area contributed by atoms with Crippen molar-refractivity contribution in [1.29, 1.82) is 0 Å². The van der Waals surface area contributed by atoms with Crippen molar-refractivity contribution in [1.82, 2.24) is 0 Å². The zero-order valence-corrected chi connectivity index (χ0v) is 11.8. The fourth-order valence-electron chi connectivity index (χ4n) is 1.72. The molecule has 1 unspecified atom stereocenters. The highest BCUT2D eigenvalue weighted by molar-refractivity contribution is 9.10. The number of thioether (sulfide) groups is 1. The van der Waals surface area contributed by atoms with Crippen LogP contribution in [0.4, 0.5) is 0 Å². The van der Waals surface area contributed by atoms with Crippen LogP contribution in [0, 0.1) is 5.92 Å². The van der Waals surface area contributed by atoms with Crippen LogP contribution in [-0.4, -0.2) is 17.2 Å². The highest BCUT2D eigenvalue weighted by atomic mass is 79.9. The molecule has 0 aliphatic heterocycles. The summed E-state index contributed by atoms with van der Waals surface area (Å²) in [5, 5.41) is 0. The Morgan fingerprint density at radius 1 is 1.41 bits per heavy atom. The number of rotatable bonds is 5. The van der Waals surface area contributed by atoms with E-state index in [1.807, 2.05) is 24.3 Å². The summed E-state index contributed by atoms with van der Waals surface area (Å²) >= 11 is 4.97. The lowest BCUT2D eigenvalue weighted by atomic mass is 9.96. The van der Waals surface area contributed by atoms with Gasteiger partial charge >= 0.3 is 0 Å². The zero-order chi connectivity index (χ0) is 12.5. The number of amides is 1. The van der Waals surface area contributed by atoms with Gasteiger partial charge in [-0.1, -0.05) is 15.9 Å². The van der Waals surface area contributed by atoms with Gasteiger partial charge < -0.3 is 11.5 Å². The summed E-state index contributed by atoms with van der Waals surface area (Å²) in [6.45, 7) is 0. The standard InChI is InChI=1S/C12H15BrN2OS/c13-9-3-5-10(6-4-9)17-7-12(15,11(14)16)8-1-2-8/h3-6,8H,1-2,7,15H2,(H2,14,16). The van der Waals surface area contributed by atoms with Gasteiger partial charge in [-0.15, -0.1) is 11.8 Å². The smallest absolute Gasteiger partial charge is 0.238 e. The Morgan fingerprint density at radius 2 is 2.00 bits per heavy atom. The third kappa shape index (κ3) is 3.03. The van der Waals surface area contributed by atoms with Gasteiger partial charge in [0.1, 0.15) is 5.54 Å². The van der Waals surface area contributed by atoms with Gasteiger partial charge in [-0.2, -0.15) is 0 Å². The molecule has 3 nitrogen and oxygen atoms in total. The second-order valence-electron chi connectivity index (χ2n) is 4.42. The maximum atomic E-state index is 11.5. The first-order valence-corrected chi connectivity index (χ1v) is 7.27. The molecule has 5 heteroatoms. The first kappa shape index (κ1) is 12.9. The minimum Gasteiger partial charge on any atom is -0.368 e. The number of primary amides is 1. The molecular formula is C12H15BrN2OS. The average Bonchev–Trinajstić information content (AvgIpc) is 3.11. The van der Waals surface area contributed by atoms with E-state index in [1.54, 1.807) is 11.8 Å². The number of hydrogen-bond acceptors (Lipinski definition) is 3. The molecule has 4 N–H and O–H groups in total. The lowest BCUT2D eigenvalue weighted by Crippen LogP contribution is -2.56. The molecule has 1 amide bonds. The summed E-state index contributed by atoms with van der Waals surface area (Å²) in [6.07, 6.45) is 2.03. The summed E-state index contributed by atoms with van der Waals surface area (Å²) < 4.78 is 1.04. The van der Waals surface area contributed by atoms with Gasteiger partial charge in [0, 0.05) is 15.1 Å². The van der Waals surface area contributed by atoms with Crippen LogP contribution in [-0.2, 0) is 4.79 Å². The molecule has 1 aliphatic carbocycles. The molecule has 0 saturated heterocycles. The first-order chi connectivity index (χ1) is 8.02. The fourth-order valence-corrected chi connectivity index (χ4v) is 3.10. The monoisotopic (exact) mass is 314 g/mol. The lowest BCUT2D eigenvalue weighted by molar-refractivity contribution is -0.123. The van der Waals surface area contributed by atoms with E-state index in [0.29, 0.717) is 5.75 Å². The number of benzene rings is 1. The van der Waals surface area contributed by atoms with Crippen LogP contribution in [0.15, 0.2) is 33.6 Å². The third-order valence-electron chi connectivity index (χ3n) is 3.06. The van der Waals surface area contributed by atoms with Crippen LogP contribution in [0.5, 0.6) is 0 Å². The Kier molecular flexibility index (Phi) is 3.80. The number of halogens is 1. The third-order valence-corrected chi connectivity index (χ3v) is 4.81. The van der Waals surface area contributed by atoms with Crippen molar-refractivity contribution in [2.75, 3.05) is 5.75 Å². The van der Waals surface area contributed by atoms with E-state index in [4.69, 9.17) is 11.5 Å². The zero-order valence-electron chi connectivity index (χ0n) is 9.36. The Labute approximate surface area is 113 Å². The number of carbonyl (C=O) groups is 1. The van der Waals surface area contributed by atoms with Gasteiger partial charge in [-0.05, 0) is 43.0 Å². The number of carbonyl (C=O) groups excluding carboxylic acids is 1. The largest absolute Gasteiger partial charge is 0.368 e. The second kappa shape index (κ2) is 5.00. The molecule has 17 heavy (non-hydrogen) atoms. The molecule has 1 atom stereocenters. The summed E-state index contributed by atoms with van der Waals surface area (Å²) in [7, 11) is 0. The molecule has 1 aromatic carbocycles. The Morgan fingerprint density at radius 3 is 2.47 bits per heavy atom. The topological polar surface area (TPSA) is 69.1 Å². The molecule has 1 aliphatic rings. The van der Waals surface area contributed by atoms with E-state index in [1.165, 1.54) is 0 Å². The average molecular weight is 315 g/mol. The minimum absolute atomic E-state index is 0.267. The maximum absolute atomic E-state index is 11.5. The van der Waals surface area contributed by atoms with Crippen molar-refractivity contribution in [3.63, 3.8) is 0 Å². The van der Waals surface area contributed by atoms with E-state index in [-0.39, 0.29) is 11.8 Å². The summed E-state index contributed by atoms with van der Waals surface area (Å²) in [6, 6.07) is 7.95. The van der Waals surface area contributed by atoms with Crippen molar-refractivity contribution in [3.05, 3.63) is 28.7 Å². The molecule has 0 bridgehead atoms. The molecule has 1 aromatic rings. The molecule has 0 spiro atoms. The maximum Gasteiger partial charge on any atom is 0.238 e. The van der Waals surface area contributed by atoms with Gasteiger partial charge in [0.15, 0.2) is 0 Å². The molecule has 92 valence electrons. The van der Waals surface area contributed by atoms with E-state index in [9.17, 15) is 4.79 Å². The number of nitrogens with two attached hydrogens (primary N) is 2. The van der Waals surface area contributed by atoms with Crippen molar-refractivity contribution in [2.45, 2.75) is 23.3 Å². The van der Waals surface area contributed by atoms with E-state index >= 15 is 0 Å². The second-order valence-corrected chi connectivity index (χ2v) is 6.39. The fraction of sp³-hybridized carbons (Fsp3) is 0.417. The summed E-state index contributed by atoms with van der Waals surface area (Å²) in [4.78, 5) is 12.6. The van der Waals surface area contributed by atoms with Crippen molar-refractivity contribution in [3.8, 4) is 0 Å². The van der Waals surface area contributed by atoms with Gasteiger partial charge in [0.2, 0.25) is 5.91 Å². The Balaban J connectivity index is 2.00. The minimum atomic E-state index is -0.849. The SMILES string of the molecule is NC(=O)C(N)(CSc1ccc(Br)cc1)C1CC1. The normalized spacial score (nSPS) is 18.7. The Hall–Kier alpha value is -0.520. The molecule has 0 heterocycles. The van der Waals surface area contributed by atoms with Crippen LogP contribution in [0.1, 0.15) is 12.8 Å². The molecule has 0 radical (unpaired) electrons. The van der Waals surface area contributed by atoms with Crippen molar-refractivity contribution < 1.29 is 4.79 Å². The Bertz CT molecular complexity index is 419. The van der Waals surface area contributed by atoms with E-state index in [0.717, 1.165) is 22.2 Å². The highest BCUT2D eigenvalue weighted by Gasteiger charge is 2.46. The summed E-state index contributed by atoms with van der Waals surface area (Å²) in [5.41, 5.74) is 10.7. The highest BCUT2D eigenvalue weighted by Crippen LogP contribution is 2.40. The van der Waals surface area contributed by atoms with Gasteiger partial charge in [-0.3, -0.25) is 4.79 Å². The first-order valence-electron chi connectivity index (χ1n) is 5.49. The van der Waals surface area contributed by atoms with Crippen LogP contribution >= 0.6 is 27.7 Å².